The molecular weight excluding hydrogens is 278 g/mol. The number of nitrogens with two attached hydrogens (primary N) is 1. The number of benzene rings is 1. The number of halogens is 1. The first kappa shape index (κ1) is 14.7. The minimum Gasteiger partial charge on any atom is -0.397 e. The third-order valence-corrected chi connectivity index (χ3v) is 3.53. The van der Waals surface area contributed by atoms with Crippen molar-refractivity contribution in [2.45, 2.75) is 25.7 Å². The van der Waals surface area contributed by atoms with Crippen molar-refractivity contribution in [2.75, 3.05) is 24.1 Å². The van der Waals surface area contributed by atoms with Crippen molar-refractivity contribution in [3.63, 3.8) is 0 Å². The first-order valence-electron chi connectivity index (χ1n) is 6.69. The zero-order valence-electron chi connectivity index (χ0n) is 11.2. The van der Waals surface area contributed by atoms with Crippen molar-refractivity contribution in [1.82, 2.24) is 4.90 Å². The maximum atomic E-state index is 12.0. The first-order valence-corrected chi connectivity index (χ1v) is 7.07. The van der Waals surface area contributed by atoms with Crippen molar-refractivity contribution in [3.05, 3.63) is 23.2 Å². The maximum Gasteiger partial charge on any atom is 0.244 e. The van der Waals surface area contributed by atoms with Gasteiger partial charge in [0.15, 0.2) is 0 Å². The molecule has 0 aromatic heterocycles. The number of hydrogen-bond acceptors (Lipinski definition) is 3. The number of carbonyl (C=O) groups is 2. The lowest BCUT2D eigenvalue weighted by atomic mass is 10.2. The average molecular weight is 296 g/mol. The molecule has 0 radical (unpaired) electrons. The summed E-state index contributed by atoms with van der Waals surface area (Å²) in [5.41, 5.74) is 6.69. The van der Waals surface area contributed by atoms with Crippen LogP contribution < -0.4 is 11.1 Å². The van der Waals surface area contributed by atoms with Crippen molar-refractivity contribution in [2.24, 2.45) is 0 Å². The molecular formula is C14H18ClN3O2. The van der Waals surface area contributed by atoms with Crippen LogP contribution >= 0.6 is 11.6 Å². The number of nitrogens with one attached hydrogen (secondary N) is 1. The molecule has 1 aliphatic rings. The van der Waals surface area contributed by atoms with Gasteiger partial charge in [0.05, 0.1) is 17.9 Å². The minimum atomic E-state index is -0.255. The van der Waals surface area contributed by atoms with Gasteiger partial charge in [-0.2, -0.15) is 0 Å². The Morgan fingerprint density at radius 1 is 1.35 bits per heavy atom. The molecule has 5 nitrogen and oxygen atoms in total. The van der Waals surface area contributed by atoms with E-state index in [1.54, 1.807) is 23.1 Å². The van der Waals surface area contributed by atoms with Gasteiger partial charge in [0.2, 0.25) is 11.8 Å². The van der Waals surface area contributed by atoms with Crippen LogP contribution in [-0.4, -0.2) is 29.8 Å². The van der Waals surface area contributed by atoms with E-state index in [0.29, 0.717) is 29.4 Å². The molecule has 0 unspecified atom stereocenters. The molecule has 1 aromatic carbocycles. The van der Waals surface area contributed by atoms with Gasteiger partial charge in [0, 0.05) is 18.0 Å². The maximum absolute atomic E-state index is 12.0. The summed E-state index contributed by atoms with van der Waals surface area (Å²) in [6, 6.07) is 4.89. The van der Waals surface area contributed by atoms with Crippen LogP contribution in [0.4, 0.5) is 11.4 Å². The second-order valence-corrected chi connectivity index (χ2v) is 5.34. The van der Waals surface area contributed by atoms with E-state index in [2.05, 4.69) is 5.32 Å². The Bertz CT molecular complexity index is 519. The van der Waals surface area contributed by atoms with Gasteiger partial charge in [-0.1, -0.05) is 18.0 Å². The molecule has 1 aliphatic heterocycles. The third-order valence-electron chi connectivity index (χ3n) is 3.30. The molecule has 6 heteroatoms. The van der Waals surface area contributed by atoms with Crippen LogP contribution in [-0.2, 0) is 9.59 Å². The van der Waals surface area contributed by atoms with E-state index in [1.807, 2.05) is 0 Å². The molecule has 0 spiro atoms. The molecule has 1 saturated heterocycles. The molecule has 1 fully saturated rings. The molecule has 2 rings (SSSR count). The lowest BCUT2D eigenvalue weighted by molar-refractivity contribution is -0.134. The second kappa shape index (κ2) is 6.61. The quantitative estimate of drug-likeness (QED) is 0.840. The standard InChI is InChI=1S/C14H18ClN3O2/c15-10-5-6-11(16)12(8-10)17-13(19)9-18-7-3-1-2-4-14(18)20/h5-6,8H,1-4,7,9,16H2,(H,17,19). The number of rotatable bonds is 3. The SMILES string of the molecule is Nc1ccc(Cl)cc1NC(=O)CN1CCCCCC1=O. The highest BCUT2D eigenvalue weighted by atomic mass is 35.5. The zero-order valence-corrected chi connectivity index (χ0v) is 11.9. The highest BCUT2D eigenvalue weighted by Crippen LogP contribution is 2.23. The topological polar surface area (TPSA) is 75.4 Å². The minimum absolute atomic E-state index is 0.0386. The molecule has 3 N–H and O–H groups in total. The molecule has 0 aliphatic carbocycles. The van der Waals surface area contributed by atoms with Crippen LogP contribution in [0.2, 0.25) is 5.02 Å². The van der Waals surface area contributed by atoms with E-state index >= 15 is 0 Å². The summed E-state index contributed by atoms with van der Waals surface area (Å²) in [6.07, 6.45) is 3.40. The largest absolute Gasteiger partial charge is 0.397 e. The number of hydrogen-bond donors (Lipinski definition) is 2. The predicted octanol–water partition coefficient (Wildman–Crippen LogP) is 2.26. The number of carbonyl (C=O) groups excluding carboxylic acids is 2. The van der Waals surface area contributed by atoms with Gasteiger partial charge in [-0.15, -0.1) is 0 Å². The normalized spacial score (nSPS) is 15.8. The van der Waals surface area contributed by atoms with E-state index in [1.165, 1.54) is 0 Å². The number of likely N-dealkylation sites (tertiary alicyclic amines) is 1. The Labute approximate surface area is 123 Å². The fourth-order valence-electron chi connectivity index (χ4n) is 2.21. The van der Waals surface area contributed by atoms with Crippen LogP contribution in [0.15, 0.2) is 18.2 Å². The monoisotopic (exact) mass is 295 g/mol. The first-order chi connectivity index (χ1) is 9.56. The Balaban J connectivity index is 1.97. The summed E-state index contributed by atoms with van der Waals surface area (Å²) >= 11 is 5.87. The van der Waals surface area contributed by atoms with Crippen LogP contribution in [0, 0.1) is 0 Å². The fourth-order valence-corrected chi connectivity index (χ4v) is 2.38. The highest BCUT2D eigenvalue weighted by Gasteiger charge is 2.19. The number of amides is 2. The molecule has 20 heavy (non-hydrogen) atoms. The average Bonchev–Trinajstić information content (AvgIpc) is 2.59. The van der Waals surface area contributed by atoms with Crippen LogP contribution in [0.5, 0.6) is 0 Å². The summed E-state index contributed by atoms with van der Waals surface area (Å²) in [5.74, 6) is -0.217. The number of nitrogen functional groups attached to an aromatic ring is 1. The number of nitrogens with zero attached hydrogens (tertiary/aromatic N) is 1. The van der Waals surface area contributed by atoms with E-state index in [9.17, 15) is 9.59 Å². The summed E-state index contributed by atoms with van der Waals surface area (Å²) in [7, 11) is 0. The molecule has 1 heterocycles. The van der Waals surface area contributed by atoms with E-state index in [0.717, 1.165) is 19.3 Å². The Morgan fingerprint density at radius 3 is 2.95 bits per heavy atom. The zero-order chi connectivity index (χ0) is 14.5. The summed E-state index contributed by atoms with van der Waals surface area (Å²) in [5, 5.41) is 3.20. The van der Waals surface area contributed by atoms with Crippen molar-refractivity contribution >= 4 is 34.8 Å². The van der Waals surface area contributed by atoms with Gasteiger partial charge in [-0.25, -0.2) is 0 Å². The van der Waals surface area contributed by atoms with E-state index in [4.69, 9.17) is 17.3 Å². The predicted molar refractivity (Wildman–Crippen MR) is 79.5 cm³/mol. The third kappa shape index (κ3) is 3.87. The molecule has 0 atom stereocenters. The lowest BCUT2D eigenvalue weighted by Crippen LogP contribution is -2.37. The highest BCUT2D eigenvalue weighted by molar-refractivity contribution is 6.31. The van der Waals surface area contributed by atoms with Crippen molar-refractivity contribution in [3.8, 4) is 0 Å². The second-order valence-electron chi connectivity index (χ2n) is 4.91. The lowest BCUT2D eigenvalue weighted by Gasteiger charge is -2.20. The van der Waals surface area contributed by atoms with Gasteiger partial charge < -0.3 is 16.0 Å². The summed E-state index contributed by atoms with van der Waals surface area (Å²) in [6.45, 7) is 0.696. The van der Waals surface area contributed by atoms with Crippen LogP contribution in [0.3, 0.4) is 0 Å². The van der Waals surface area contributed by atoms with E-state index in [-0.39, 0.29) is 18.4 Å². The van der Waals surface area contributed by atoms with E-state index < -0.39 is 0 Å². The van der Waals surface area contributed by atoms with Crippen LogP contribution in [0.1, 0.15) is 25.7 Å². The van der Waals surface area contributed by atoms with Gasteiger partial charge in [-0.05, 0) is 31.0 Å². The Morgan fingerprint density at radius 2 is 2.15 bits per heavy atom. The smallest absolute Gasteiger partial charge is 0.244 e. The Kier molecular flexibility index (Phi) is 4.84. The molecule has 2 amide bonds. The molecule has 1 aromatic rings. The van der Waals surface area contributed by atoms with Crippen LogP contribution in [0.25, 0.3) is 0 Å². The van der Waals surface area contributed by atoms with Gasteiger partial charge in [-0.3, -0.25) is 9.59 Å². The van der Waals surface area contributed by atoms with Crippen molar-refractivity contribution in [1.29, 1.82) is 0 Å². The Hall–Kier alpha value is -1.75. The molecule has 108 valence electrons. The number of anilines is 2. The molecule has 0 saturated carbocycles. The summed E-state index contributed by atoms with van der Waals surface area (Å²) < 4.78 is 0. The molecule has 0 bridgehead atoms. The van der Waals surface area contributed by atoms with Gasteiger partial charge in [0.25, 0.3) is 0 Å². The van der Waals surface area contributed by atoms with Crippen molar-refractivity contribution < 1.29 is 9.59 Å². The fraction of sp³-hybridized carbons (Fsp3) is 0.429. The summed E-state index contributed by atoms with van der Waals surface area (Å²) in [4.78, 5) is 25.4. The van der Waals surface area contributed by atoms with Gasteiger partial charge in [0.1, 0.15) is 0 Å². The van der Waals surface area contributed by atoms with Gasteiger partial charge >= 0.3 is 0 Å².